The van der Waals surface area contributed by atoms with E-state index in [9.17, 15) is 0 Å². The Labute approximate surface area is 115 Å². The minimum absolute atomic E-state index is 0.908. The number of nitrogens with zero attached hydrogens (tertiary/aromatic N) is 3. The van der Waals surface area contributed by atoms with Gasteiger partial charge in [-0.3, -0.25) is 4.90 Å². The molecule has 1 aromatic carbocycles. The monoisotopic (exact) mass is 303 g/mol. The zero-order valence-electron chi connectivity index (χ0n) is 10.0. The summed E-state index contributed by atoms with van der Waals surface area (Å²) in [5.41, 5.74) is 3.77. The number of rotatable bonds is 2. The van der Waals surface area contributed by atoms with Gasteiger partial charge in [0.05, 0.1) is 5.69 Å². The van der Waals surface area contributed by atoms with E-state index in [0.717, 1.165) is 36.4 Å². The van der Waals surface area contributed by atoms with Gasteiger partial charge >= 0.3 is 0 Å². The molecule has 3 rings (SSSR count). The lowest BCUT2D eigenvalue weighted by molar-refractivity contribution is 0.240. The maximum absolute atomic E-state index is 4.39. The van der Waals surface area contributed by atoms with Gasteiger partial charge in [-0.1, -0.05) is 30.3 Å². The molecule has 0 aliphatic carbocycles. The molecular formula is C14H14BrN3. The first-order valence-corrected chi connectivity index (χ1v) is 6.87. The third-order valence-corrected chi connectivity index (χ3v) is 3.97. The fraction of sp³-hybridized carbons (Fsp3) is 0.286. The highest BCUT2D eigenvalue weighted by molar-refractivity contribution is 9.10. The molecule has 0 saturated heterocycles. The van der Waals surface area contributed by atoms with Crippen LogP contribution in [0.25, 0.3) is 0 Å². The van der Waals surface area contributed by atoms with Gasteiger partial charge in [0.15, 0.2) is 0 Å². The molecule has 1 aromatic heterocycles. The van der Waals surface area contributed by atoms with Gasteiger partial charge in [0.2, 0.25) is 0 Å². The summed E-state index contributed by atoms with van der Waals surface area (Å²) >= 11 is 3.50. The van der Waals surface area contributed by atoms with Gasteiger partial charge in [-0.05, 0) is 27.9 Å². The summed E-state index contributed by atoms with van der Waals surface area (Å²) in [6.45, 7) is 2.96. The lowest BCUT2D eigenvalue weighted by Crippen LogP contribution is -2.31. The summed E-state index contributed by atoms with van der Waals surface area (Å²) in [6, 6.07) is 10.6. The Hall–Kier alpha value is -1.26. The average Bonchev–Trinajstić information content (AvgIpc) is 2.40. The Kier molecular flexibility index (Phi) is 3.39. The SMILES string of the molecule is Brc1ncnc2c1CCN(Cc1ccccc1)C2. The predicted molar refractivity (Wildman–Crippen MR) is 74.0 cm³/mol. The molecule has 4 heteroatoms. The second-order valence-electron chi connectivity index (χ2n) is 4.54. The molecule has 0 amide bonds. The van der Waals surface area contributed by atoms with Crippen molar-refractivity contribution in [2.24, 2.45) is 0 Å². The second kappa shape index (κ2) is 5.16. The van der Waals surface area contributed by atoms with Gasteiger partial charge in [0.25, 0.3) is 0 Å². The standard InChI is InChI=1S/C14H14BrN3/c15-14-12-6-7-18(9-13(12)16-10-17-14)8-11-4-2-1-3-5-11/h1-5,10H,6-9H2. The molecule has 0 atom stereocenters. The first-order chi connectivity index (χ1) is 8.83. The molecule has 0 unspecified atom stereocenters. The highest BCUT2D eigenvalue weighted by Crippen LogP contribution is 2.23. The molecule has 1 aliphatic heterocycles. The van der Waals surface area contributed by atoms with Crippen molar-refractivity contribution < 1.29 is 0 Å². The van der Waals surface area contributed by atoms with Crippen molar-refractivity contribution >= 4 is 15.9 Å². The Bertz CT molecular complexity index is 542. The normalized spacial score (nSPS) is 15.4. The molecule has 18 heavy (non-hydrogen) atoms. The smallest absolute Gasteiger partial charge is 0.117 e. The summed E-state index contributed by atoms with van der Waals surface area (Å²) in [5, 5.41) is 0. The van der Waals surface area contributed by atoms with E-state index < -0.39 is 0 Å². The summed E-state index contributed by atoms with van der Waals surface area (Å²) in [4.78, 5) is 11.0. The molecule has 0 N–H and O–H groups in total. The van der Waals surface area contributed by atoms with Crippen LogP contribution in [0.4, 0.5) is 0 Å². The van der Waals surface area contributed by atoms with Gasteiger partial charge in [-0.2, -0.15) is 0 Å². The van der Waals surface area contributed by atoms with Gasteiger partial charge in [-0.15, -0.1) is 0 Å². The van der Waals surface area contributed by atoms with Crippen molar-refractivity contribution in [2.45, 2.75) is 19.5 Å². The van der Waals surface area contributed by atoms with Crippen LogP contribution in [0.5, 0.6) is 0 Å². The van der Waals surface area contributed by atoms with Crippen molar-refractivity contribution in [3.63, 3.8) is 0 Å². The minimum Gasteiger partial charge on any atom is -0.293 e. The number of halogens is 1. The molecule has 3 nitrogen and oxygen atoms in total. The highest BCUT2D eigenvalue weighted by Gasteiger charge is 2.19. The van der Waals surface area contributed by atoms with Crippen molar-refractivity contribution in [1.29, 1.82) is 0 Å². The van der Waals surface area contributed by atoms with Crippen molar-refractivity contribution in [2.75, 3.05) is 6.54 Å². The molecule has 1 aliphatic rings. The zero-order chi connectivity index (χ0) is 12.4. The molecule has 2 heterocycles. The molecule has 92 valence electrons. The predicted octanol–water partition coefficient (Wildman–Crippen LogP) is 2.80. The fourth-order valence-corrected chi connectivity index (χ4v) is 2.86. The molecule has 0 spiro atoms. The van der Waals surface area contributed by atoms with Crippen molar-refractivity contribution in [3.8, 4) is 0 Å². The number of benzene rings is 1. The van der Waals surface area contributed by atoms with Crippen LogP contribution in [-0.2, 0) is 19.5 Å². The number of hydrogen-bond donors (Lipinski definition) is 0. The van der Waals surface area contributed by atoms with Crippen molar-refractivity contribution in [3.05, 3.63) is 58.1 Å². The third kappa shape index (κ3) is 2.44. The minimum atomic E-state index is 0.908. The lowest BCUT2D eigenvalue weighted by Gasteiger charge is -2.28. The van der Waals surface area contributed by atoms with Gasteiger partial charge in [0, 0.05) is 25.2 Å². The molecule has 0 radical (unpaired) electrons. The number of aromatic nitrogens is 2. The van der Waals surface area contributed by atoms with Gasteiger partial charge in [-0.25, -0.2) is 9.97 Å². The van der Waals surface area contributed by atoms with Crippen LogP contribution in [0.2, 0.25) is 0 Å². The Morgan fingerprint density at radius 3 is 2.83 bits per heavy atom. The van der Waals surface area contributed by atoms with Crippen molar-refractivity contribution in [1.82, 2.24) is 14.9 Å². The average molecular weight is 304 g/mol. The van der Waals surface area contributed by atoms with E-state index in [1.165, 1.54) is 11.1 Å². The molecule has 0 bridgehead atoms. The molecule has 2 aromatic rings. The second-order valence-corrected chi connectivity index (χ2v) is 5.29. The fourth-order valence-electron chi connectivity index (χ4n) is 2.35. The topological polar surface area (TPSA) is 29.0 Å². The van der Waals surface area contributed by atoms with E-state index in [1.54, 1.807) is 6.33 Å². The van der Waals surface area contributed by atoms with E-state index >= 15 is 0 Å². The lowest BCUT2D eigenvalue weighted by atomic mass is 10.1. The quantitative estimate of drug-likeness (QED) is 0.799. The summed E-state index contributed by atoms with van der Waals surface area (Å²) in [5.74, 6) is 0. The first-order valence-electron chi connectivity index (χ1n) is 6.07. The van der Waals surface area contributed by atoms with E-state index in [2.05, 4.69) is 61.1 Å². The van der Waals surface area contributed by atoms with E-state index in [1.807, 2.05) is 0 Å². The number of hydrogen-bond acceptors (Lipinski definition) is 3. The Balaban J connectivity index is 1.76. The molecule has 0 fully saturated rings. The first kappa shape index (κ1) is 11.8. The summed E-state index contributed by atoms with van der Waals surface area (Å²) in [6.07, 6.45) is 2.65. The van der Waals surface area contributed by atoms with Gasteiger partial charge in [0.1, 0.15) is 10.9 Å². The molecule has 0 saturated carbocycles. The number of fused-ring (bicyclic) bond motifs is 1. The highest BCUT2D eigenvalue weighted by atomic mass is 79.9. The maximum Gasteiger partial charge on any atom is 0.117 e. The Morgan fingerprint density at radius 2 is 2.00 bits per heavy atom. The molecular weight excluding hydrogens is 290 g/mol. The van der Waals surface area contributed by atoms with E-state index in [-0.39, 0.29) is 0 Å². The van der Waals surface area contributed by atoms with Crippen LogP contribution in [0.1, 0.15) is 16.8 Å². The third-order valence-electron chi connectivity index (χ3n) is 3.28. The largest absolute Gasteiger partial charge is 0.293 e. The van der Waals surface area contributed by atoms with Crippen LogP contribution in [0, 0.1) is 0 Å². The maximum atomic E-state index is 4.39. The van der Waals surface area contributed by atoms with Gasteiger partial charge < -0.3 is 0 Å². The summed E-state index contributed by atoms with van der Waals surface area (Å²) in [7, 11) is 0. The zero-order valence-corrected chi connectivity index (χ0v) is 11.6. The van der Waals surface area contributed by atoms with E-state index in [0.29, 0.717) is 0 Å². The van der Waals surface area contributed by atoms with Crippen LogP contribution in [0.15, 0.2) is 41.3 Å². The van der Waals surface area contributed by atoms with Crippen LogP contribution in [0.3, 0.4) is 0 Å². The van der Waals surface area contributed by atoms with Crippen LogP contribution < -0.4 is 0 Å². The van der Waals surface area contributed by atoms with Crippen LogP contribution >= 0.6 is 15.9 Å². The van der Waals surface area contributed by atoms with Crippen LogP contribution in [-0.4, -0.2) is 21.4 Å². The van der Waals surface area contributed by atoms with E-state index in [4.69, 9.17) is 0 Å². The Morgan fingerprint density at radius 1 is 1.17 bits per heavy atom. The summed E-state index contributed by atoms with van der Waals surface area (Å²) < 4.78 is 0.951.